The molecule has 60 valence electrons. The van der Waals surface area contributed by atoms with Crippen molar-refractivity contribution in [1.82, 2.24) is 0 Å². The van der Waals surface area contributed by atoms with Crippen LogP contribution in [0.4, 0.5) is 0 Å². The van der Waals surface area contributed by atoms with Gasteiger partial charge in [-0.05, 0) is 5.56 Å². The van der Waals surface area contributed by atoms with E-state index in [4.69, 9.17) is 0 Å². The summed E-state index contributed by atoms with van der Waals surface area (Å²) in [5, 5.41) is 0. The van der Waals surface area contributed by atoms with E-state index >= 15 is 0 Å². The van der Waals surface area contributed by atoms with Crippen molar-refractivity contribution in [2.24, 2.45) is 0 Å². The maximum Gasteiger partial charge on any atom is 1.00 e. The Labute approximate surface area is 83.7 Å². The molecular formula is C7H7LiO3S. The zero-order valence-corrected chi connectivity index (χ0v) is 7.54. The molecule has 0 atom stereocenters. The summed E-state index contributed by atoms with van der Waals surface area (Å²) in [6.45, 7) is 0. The topological polar surface area (TPSA) is 57.2 Å². The second-order valence-corrected chi connectivity index (χ2v) is 3.59. The fourth-order valence-electron chi connectivity index (χ4n) is 0.778. The average Bonchev–Trinajstić information content (AvgIpc) is 1.85. The van der Waals surface area contributed by atoms with Crippen molar-refractivity contribution in [2.75, 3.05) is 0 Å². The van der Waals surface area contributed by atoms with Crippen molar-refractivity contribution >= 4 is 10.1 Å². The molecule has 0 amide bonds. The fraction of sp³-hybridized carbons (Fsp3) is 0.143. The van der Waals surface area contributed by atoms with Gasteiger partial charge in [-0.2, -0.15) is 0 Å². The molecule has 0 unspecified atom stereocenters. The first-order chi connectivity index (χ1) is 5.08. The van der Waals surface area contributed by atoms with Crippen molar-refractivity contribution in [3.8, 4) is 0 Å². The predicted octanol–water partition coefficient (Wildman–Crippen LogP) is -2.26. The molecule has 0 aromatic heterocycles. The molecule has 0 aliphatic rings. The van der Waals surface area contributed by atoms with Crippen LogP contribution in [-0.2, 0) is 15.9 Å². The molecule has 0 fully saturated rings. The van der Waals surface area contributed by atoms with Crippen LogP contribution in [0.2, 0.25) is 0 Å². The van der Waals surface area contributed by atoms with Gasteiger partial charge in [0.15, 0.2) is 0 Å². The van der Waals surface area contributed by atoms with Gasteiger partial charge in [0.2, 0.25) is 0 Å². The molecule has 0 saturated carbocycles. The van der Waals surface area contributed by atoms with Gasteiger partial charge in [0, 0.05) is 0 Å². The second-order valence-electron chi connectivity index (χ2n) is 2.19. The monoisotopic (exact) mass is 178 g/mol. The van der Waals surface area contributed by atoms with Crippen LogP contribution in [-0.4, -0.2) is 13.0 Å². The number of benzene rings is 1. The molecule has 0 aliphatic heterocycles. The van der Waals surface area contributed by atoms with Crippen molar-refractivity contribution in [3.05, 3.63) is 35.9 Å². The summed E-state index contributed by atoms with van der Waals surface area (Å²) in [6, 6.07) is 8.37. The van der Waals surface area contributed by atoms with Gasteiger partial charge in [0.1, 0.15) is 0 Å². The minimum Gasteiger partial charge on any atom is -0.748 e. The predicted molar refractivity (Wildman–Crippen MR) is 39.8 cm³/mol. The van der Waals surface area contributed by atoms with Gasteiger partial charge < -0.3 is 4.55 Å². The van der Waals surface area contributed by atoms with Crippen LogP contribution in [0.25, 0.3) is 0 Å². The molecule has 0 spiro atoms. The zero-order chi connectivity index (χ0) is 8.32. The van der Waals surface area contributed by atoms with Crippen LogP contribution >= 0.6 is 0 Å². The third-order valence-electron chi connectivity index (χ3n) is 1.19. The molecule has 3 nitrogen and oxygen atoms in total. The maximum absolute atomic E-state index is 10.2. The van der Waals surface area contributed by atoms with Crippen LogP contribution in [0.15, 0.2) is 30.3 Å². The molecule has 1 rings (SSSR count). The summed E-state index contributed by atoms with van der Waals surface area (Å²) in [5.74, 6) is -0.423. The smallest absolute Gasteiger partial charge is 0.748 e. The SMILES string of the molecule is O=S(=O)([O-])Cc1ccccc1.[Li+]. The Morgan fingerprint density at radius 3 is 2.08 bits per heavy atom. The van der Waals surface area contributed by atoms with E-state index in [2.05, 4.69) is 0 Å². The molecule has 0 saturated heterocycles. The van der Waals surface area contributed by atoms with E-state index in [-0.39, 0.29) is 18.9 Å². The minimum absolute atomic E-state index is 0. The molecule has 1 aromatic rings. The summed E-state index contributed by atoms with van der Waals surface area (Å²) < 4.78 is 30.7. The minimum atomic E-state index is -4.13. The molecule has 0 N–H and O–H groups in total. The van der Waals surface area contributed by atoms with Crippen molar-refractivity contribution in [1.29, 1.82) is 0 Å². The van der Waals surface area contributed by atoms with Gasteiger partial charge in [0.25, 0.3) is 0 Å². The number of hydrogen-bond acceptors (Lipinski definition) is 3. The third-order valence-corrected chi connectivity index (χ3v) is 1.87. The average molecular weight is 178 g/mol. The normalized spacial score (nSPS) is 10.4. The van der Waals surface area contributed by atoms with Crippen LogP contribution in [0.1, 0.15) is 5.56 Å². The first-order valence-electron chi connectivity index (χ1n) is 3.05. The molecule has 0 bridgehead atoms. The van der Waals surface area contributed by atoms with E-state index in [1.807, 2.05) is 0 Å². The molecule has 0 aliphatic carbocycles. The van der Waals surface area contributed by atoms with Crippen LogP contribution < -0.4 is 18.9 Å². The van der Waals surface area contributed by atoms with Crippen LogP contribution in [0.3, 0.4) is 0 Å². The van der Waals surface area contributed by atoms with Crippen molar-refractivity contribution in [3.63, 3.8) is 0 Å². The van der Waals surface area contributed by atoms with Crippen molar-refractivity contribution in [2.45, 2.75) is 5.75 Å². The zero-order valence-electron chi connectivity index (χ0n) is 6.73. The van der Waals surface area contributed by atoms with E-state index in [1.54, 1.807) is 30.3 Å². The van der Waals surface area contributed by atoms with Crippen molar-refractivity contribution < 1.29 is 31.8 Å². The first kappa shape index (κ1) is 11.7. The number of hydrogen-bond donors (Lipinski definition) is 0. The summed E-state index contributed by atoms with van der Waals surface area (Å²) >= 11 is 0. The third kappa shape index (κ3) is 4.57. The molecule has 5 heteroatoms. The van der Waals surface area contributed by atoms with E-state index in [0.29, 0.717) is 5.56 Å². The molecule has 0 radical (unpaired) electrons. The molecule has 1 aromatic carbocycles. The first-order valence-corrected chi connectivity index (χ1v) is 4.63. The molecule has 12 heavy (non-hydrogen) atoms. The molecular weight excluding hydrogens is 171 g/mol. The second kappa shape index (κ2) is 4.68. The summed E-state index contributed by atoms with van der Waals surface area (Å²) in [4.78, 5) is 0. The molecule has 0 heterocycles. The van der Waals surface area contributed by atoms with E-state index in [0.717, 1.165) is 0 Å². The van der Waals surface area contributed by atoms with Crippen LogP contribution in [0.5, 0.6) is 0 Å². The largest absolute Gasteiger partial charge is 1.00 e. The van der Waals surface area contributed by atoms with E-state index in [9.17, 15) is 13.0 Å². The van der Waals surface area contributed by atoms with E-state index in [1.165, 1.54) is 0 Å². The van der Waals surface area contributed by atoms with Gasteiger partial charge in [-0.1, -0.05) is 30.3 Å². The van der Waals surface area contributed by atoms with Gasteiger partial charge in [-0.25, -0.2) is 8.42 Å². The Bertz CT molecular complexity index is 320. The van der Waals surface area contributed by atoms with Gasteiger partial charge in [-0.3, -0.25) is 0 Å². The Kier molecular flexibility index (Phi) is 4.57. The fourth-order valence-corrected chi connectivity index (χ4v) is 1.38. The summed E-state index contributed by atoms with van der Waals surface area (Å²) in [6.07, 6.45) is 0. The Morgan fingerprint density at radius 2 is 1.67 bits per heavy atom. The summed E-state index contributed by atoms with van der Waals surface area (Å²) in [5.41, 5.74) is 0.530. The Balaban J connectivity index is 0.00000121. The van der Waals surface area contributed by atoms with Gasteiger partial charge in [-0.15, -0.1) is 0 Å². The Hall–Kier alpha value is -0.273. The Morgan fingerprint density at radius 1 is 1.17 bits per heavy atom. The van der Waals surface area contributed by atoms with Gasteiger partial charge >= 0.3 is 18.9 Å². The number of rotatable bonds is 2. The van der Waals surface area contributed by atoms with E-state index < -0.39 is 15.9 Å². The van der Waals surface area contributed by atoms with Crippen LogP contribution in [0, 0.1) is 0 Å². The quantitative estimate of drug-likeness (QED) is 0.379. The maximum atomic E-state index is 10.2. The summed E-state index contributed by atoms with van der Waals surface area (Å²) in [7, 11) is -4.13. The van der Waals surface area contributed by atoms with Gasteiger partial charge in [0.05, 0.1) is 15.9 Å². The standard InChI is InChI=1S/C7H8O3S.Li/c8-11(9,10)6-7-4-2-1-3-5-7;/h1-5H,6H2,(H,8,9,10);/q;+1/p-1.